The fourth-order valence-electron chi connectivity index (χ4n) is 6.46. The van der Waals surface area contributed by atoms with Gasteiger partial charge in [0.15, 0.2) is 6.61 Å². The Bertz CT molecular complexity index is 1460. The van der Waals surface area contributed by atoms with E-state index >= 15 is 0 Å². The second kappa shape index (κ2) is 11.7. The number of nitrogens with zero attached hydrogens (tertiary/aromatic N) is 2. The van der Waals surface area contributed by atoms with Crippen LogP contribution >= 0.6 is 0 Å². The maximum Gasteiger partial charge on any atom is 0.339 e. The van der Waals surface area contributed by atoms with Crippen molar-refractivity contribution in [2.24, 2.45) is 11.3 Å². The number of para-hydroxylation sites is 1. The summed E-state index contributed by atoms with van der Waals surface area (Å²) < 4.78 is 11.2. The summed E-state index contributed by atoms with van der Waals surface area (Å²) in [5, 5.41) is 0.766. The van der Waals surface area contributed by atoms with Crippen molar-refractivity contribution in [2.75, 3.05) is 13.7 Å². The van der Waals surface area contributed by atoms with Gasteiger partial charge in [-0.15, -0.1) is 0 Å². The highest BCUT2D eigenvalue weighted by Crippen LogP contribution is 2.45. The number of ether oxygens (including phenoxy) is 2. The first-order chi connectivity index (χ1) is 19.6. The molecule has 5 rings (SSSR count). The summed E-state index contributed by atoms with van der Waals surface area (Å²) in [6.45, 7) is 10.6. The highest BCUT2D eigenvalue weighted by molar-refractivity contribution is 6.07. The van der Waals surface area contributed by atoms with Crippen LogP contribution in [0, 0.1) is 11.3 Å². The lowest BCUT2D eigenvalue weighted by molar-refractivity contribution is -0.140. The van der Waals surface area contributed by atoms with E-state index in [0.29, 0.717) is 11.5 Å². The second-order valence-corrected chi connectivity index (χ2v) is 12.8. The number of hydrogen-bond acceptors (Lipinski definition) is 5. The average Bonchev–Trinajstić information content (AvgIpc) is 2.94. The molecule has 3 atom stereocenters. The van der Waals surface area contributed by atoms with Gasteiger partial charge in [0.1, 0.15) is 5.75 Å². The molecule has 1 aliphatic carbocycles. The van der Waals surface area contributed by atoms with E-state index in [1.165, 1.54) is 0 Å². The zero-order chi connectivity index (χ0) is 29.3. The molecule has 2 aliphatic rings. The molecule has 1 amide bonds. The number of aromatic nitrogens is 1. The number of pyridine rings is 1. The van der Waals surface area contributed by atoms with Gasteiger partial charge in [0, 0.05) is 17.5 Å². The molecule has 0 radical (unpaired) electrons. The predicted octanol–water partition coefficient (Wildman–Crippen LogP) is 7.34. The normalized spacial score (nSPS) is 22.0. The summed E-state index contributed by atoms with van der Waals surface area (Å²) in [6, 6.07) is 16.0. The van der Waals surface area contributed by atoms with Gasteiger partial charge >= 0.3 is 5.97 Å². The molecule has 1 saturated heterocycles. The molecule has 0 unspecified atom stereocenters. The van der Waals surface area contributed by atoms with Crippen molar-refractivity contribution in [3.63, 3.8) is 0 Å². The van der Waals surface area contributed by atoms with E-state index in [9.17, 15) is 9.59 Å². The van der Waals surface area contributed by atoms with E-state index in [4.69, 9.17) is 14.5 Å². The minimum atomic E-state index is -0.455. The first-order valence-electron chi connectivity index (χ1n) is 14.8. The molecule has 0 spiro atoms. The van der Waals surface area contributed by atoms with Gasteiger partial charge in [0.05, 0.1) is 23.9 Å². The van der Waals surface area contributed by atoms with Gasteiger partial charge in [-0.3, -0.25) is 4.79 Å². The maximum absolute atomic E-state index is 13.9. The van der Waals surface area contributed by atoms with Gasteiger partial charge in [0.2, 0.25) is 0 Å². The van der Waals surface area contributed by atoms with Crippen LogP contribution in [0.4, 0.5) is 0 Å². The van der Waals surface area contributed by atoms with E-state index in [1.807, 2.05) is 53.4 Å². The molecule has 41 heavy (non-hydrogen) atoms. The SMILES string of the molecule is COc1ccc(/C=C2/C[C@@H](C(C)(C)C)Cc3c2nc2ccccc2c3C(=O)OCC(=O)N2[C@H](C)CCC[C@@H]2C)cc1. The van der Waals surface area contributed by atoms with Crippen molar-refractivity contribution in [1.82, 2.24) is 9.88 Å². The quantitative estimate of drug-likeness (QED) is 0.309. The molecule has 6 heteroatoms. The van der Waals surface area contributed by atoms with Crippen LogP contribution < -0.4 is 4.74 Å². The first kappa shape index (κ1) is 28.8. The molecule has 2 heterocycles. The molecular weight excluding hydrogens is 512 g/mol. The first-order valence-corrected chi connectivity index (χ1v) is 14.8. The summed E-state index contributed by atoms with van der Waals surface area (Å²) in [6.07, 6.45) is 6.81. The van der Waals surface area contributed by atoms with Crippen molar-refractivity contribution in [3.05, 3.63) is 70.9 Å². The maximum atomic E-state index is 13.9. The number of piperidine rings is 1. The smallest absolute Gasteiger partial charge is 0.339 e. The number of esters is 1. The average molecular weight is 555 g/mol. The van der Waals surface area contributed by atoms with Crippen molar-refractivity contribution >= 4 is 34.4 Å². The van der Waals surface area contributed by atoms with Gasteiger partial charge < -0.3 is 14.4 Å². The molecule has 216 valence electrons. The third-order valence-corrected chi connectivity index (χ3v) is 8.91. The minimum absolute atomic E-state index is 0.0139. The van der Waals surface area contributed by atoms with Crippen LogP contribution in [-0.2, 0) is 16.0 Å². The van der Waals surface area contributed by atoms with Crippen LogP contribution in [0.1, 0.15) is 87.5 Å². The lowest BCUT2D eigenvalue weighted by atomic mass is 9.69. The van der Waals surface area contributed by atoms with Crippen molar-refractivity contribution in [1.29, 1.82) is 0 Å². The number of benzene rings is 2. The van der Waals surface area contributed by atoms with Crippen LogP contribution in [0.25, 0.3) is 22.6 Å². The van der Waals surface area contributed by atoms with E-state index in [0.717, 1.165) is 71.2 Å². The van der Waals surface area contributed by atoms with E-state index in [2.05, 4.69) is 40.7 Å². The minimum Gasteiger partial charge on any atom is -0.497 e. The summed E-state index contributed by atoms with van der Waals surface area (Å²) in [5.41, 5.74) is 5.20. The Kier molecular flexibility index (Phi) is 8.21. The number of amides is 1. The summed E-state index contributed by atoms with van der Waals surface area (Å²) in [7, 11) is 1.66. The number of carbonyl (C=O) groups excluding carboxylic acids is 2. The second-order valence-electron chi connectivity index (χ2n) is 12.8. The van der Waals surface area contributed by atoms with Gasteiger partial charge in [-0.05, 0) is 98.3 Å². The lowest BCUT2D eigenvalue weighted by Gasteiger charge is -2.39. The van der Waals surface area contributed by atoms with Gasteiger partial charge in [-0.2, -0.15) is 0 Å². The van der Waals surface area contributed by atoms with Crippen LogP contribution in [0.5, 0.6) is 5.75 Å². The number of rotatable bonds is 5. The number of fused-ring (bicyclic) bond motifs is 2. The molecule has 1 fully saturated rings. The molecule has 2 aromatic carbocycles. The molecule has 6 nitrogen and oxygen atoms in total. The highest BCUT2D eigenvalue weighted by Gasteiger charge is 2.36. The molecule has 0 bridgehead atoms. The van der Waals surface area contributed by atoms with Crippen LogP contribution in [-0.4, -0.2) is 47.6 Å². The summed E-state index contributed by atoms with van der Waals surface area (Å²) in [5.74, 6) is 0.522. The zero-order valence-corrected chi connectivity index (χ0v) is 25.2. The molecule has 0 saturated carbocycles. The highest BCUT2D eigenvalue weighted by atomic mass is 16.5. The van der Waals surface area contributed by atoms with Crippen molar-refractivity contribution < 1.29 is 19.1 Å². The fourth-order valence-corrected chi connectivity index (χ4v) is 6.46. The summed E-state index contributed by atoms with van der Waals surface area (Å²) >= 11 is 0. The monoisotopic (exact) mass is 554 g/mol. The van der Waals surface area contributed by atoms with Crippen LogP contribution in [0.15, 0.2) is 48.5 Å². The standard InChI is InChI=1S/C35H42N2O4/c1-22-10-9-11-23(2)37(22)31(38)21-41-34(39)32-28-12-7-8-13-30(28)36-33-25(18-24-14-16-27(40-6)17-15-24)19-26(20-29(32)33)35(3,4)5/h7-8,12-18,22-23,26H,9-11,19-21H2,1-6H3/b25-18-/t22-,23+,26-/m1/s1. The Hall–Kier alpha value is -3.67. The van der Waals surface area contributed by atoms with Gasteiger partial charge in [-0.1, -0.05) is 51.1 Å². The van der Waals surface area contributed by atoms with Crippen LogP contribution in [0.2, 0.25) is 0 Å². The van der Waals surface area contributed by atoms with Gasteiger partial charge in [-0.25, -0.2) is 9.78 Å². The fraction of sp³-hybridized carbons (Fsp3) is 0.457. The summed E-state index contributed by atoms with van der Waals surface area (Å²) in [4.78, 5) is 34.1. The number of methoxy groups -OCH3 is 1. The molecular formula is C35H42N2O4. The van der Waals surface area contributed by atoms with Crippen LogP contribution in [0.3, 0.4) is 0 Å². The molecule has 1 aliphatic heterocycles. The third kappa shape index (κ3) is 6.02. The van der Waals surface area contributed by atoms with E-state index in [-0.39, 0.29) is 30.0 Å². The topological polar surface area (TPSA) is 68.7 Å². The number of likely N-dealkylation sites (tertiary alicyclic amines) is 1. The number of carbonyl (C=O) groups is 2. The Morgan fingerprint density at radius 3 is 2.34 bits per heavy atom. The van der Waals surface area contributed by atoms with Crippen molar-refractivity contribution in [3.8, 4) is 5.75 Å². The predicted molar refractivity (Wildman–Crippen MR) is 164 cm³/mol. The molecule has 3 aromatic rings. The van der Waals surface area contributed by atoms with E-state index in [1.54, 1.807) is 7.11 Å². The third-order valence-electron chi connectivity index (χ3n) is 8.91. The van der Waals surface area contributed by atoms with E-state index < -0.39 is 5.97 Å². The Balaban J connectivity index is 1.56. The number of hydrogen-bond donors (Lipinski definition) is 0. The van der Waals surface area contributed by atoms with Crippen molar-refractivity contribution in [2.45, 2.75) is 78.8 Å². The molecule has 0 N–H and O–H groups in total. The Morgan fingerprint density at radius 1 is 1.00 bits per heavy atom. The largest absolute Gasteiger partial charge is 0.497 e. The van der Waals surface area contributed by atoms with Gasteiger partial charge in [0.25, 0.3) is 5.91 Å². The number of allylic oxidation sites excluding steroid dienone is 1. The molecule has 1 aromatic heterocycles. The Labute approximate surface area is 243 Å². The zero-order valence-electron chi connectivity index (χ0n) is 25.2. The lowest BCUT2D eigenvalue weighted by Crippen LogP contribution is -2.49. The Morgan fingerprint density at radius 2 is 1.68 bits per heavy atom.